The fourth-order valence-corrected chi connectivity index (χ4v) is 6.56. The maximum atomic E-state index is 13.0. The molecule has 2 saturated carbocycles. The summed E-state index contributed by atoms with van der Waals surface area (Å²) in [6.07, 6.45) is 8.01. The van der Waals surface area contributed by atoms with Crippen LogP contribution in [0, 0.1) is 17.8 Å². The summed E-state index contributed by atoms with van der Waals surface area (Å²) in [6, 6.07) is 7.89. The van der Waals surface area contributed by atoms with E-state index in [0.717, 1.165) is 36.2 Å². The number of hydrogen-bond donors (Lipinski definition) is 2. The summed E-state index contributed by atoms with van der Waals surface area (Å²) in [6.45, 7) is 4.55. The van der Waals surface area contributed by atoms with Gasteiger partial charge in [-0.15, -0.1) is 11.8 Å². The lowest BCUT2D eigenvalue weighted by Crippen LogP contribution is -2.53. The molecule has 0 spiro atoms. The Morgan fingerprint density at radius 3 is 2.87 bits per heavy atom. The number of thioether (sulfide) groups is 1. The van der Waals surface area contributed by atoms with Crippen molar-refractivity contribution in [3.8, 4) is 0 Å². The second-order valence-corrected chi connectivity index (χ2v) is 10.9. The molecule has 0 bridgehead atoms. The third-order valence-electron chi connectivity index (χ3n) is 7.16. The lowest BCUT2D eigenvalue weighted by molar-refractivity contribution is -0.128. The first-order chi connectivity index (χ1) is 14.4. The summed E-state index contributed by atoms with van der Waals surface area (Å²) in [5.74, 6) is 1.33. The highest BCUT2D eigenvalue weighted by Gasteiger charge is 2.40. The van der Waals surface area contributed by atoms with Gasteiger partial charge in [-0.25, -0.2) is 0 Å². The monoisotopic (exact) mass is 446 g/mol. The Morgan fingerprint density at radius 2 is 2.07 bits per heavy atom. The minimum absolute atomic E-state index is 0.00459. The average molecular weight is 447 g/mol. The van der Waals surface area contributed by atoms with E-state index < -0.39 is 0 Å². The molecule has 30 heavy (non-hydrogen) atoms. The van der Waals surface area contributed by atoms with Gasteiger partial charge in [-0.3, -0.25) is 9.59 Å². The van der Waals surface area contributed by atoms with E-state index in [1.54, 1.807) is 11.8 Å². The Labute approximate surface area is 188 Å². The van der Waals surface area contributed by atoms with Crippen molar-refractivity contribution in [1.29, 1.82) is 0 Å². The van der Waals surface area contributed by atoms with E-state index in [1.165, 1.54) is 12.8 Å². The molecule has 2 N–H and O–H groups in total. The summed E-state index contributed by atoms with van der Waals surface area (Å²) in [5.41, 5.74) is 0.933. The topological polar surface area (TPSA) is 58.2 Å². The van der Waals surface area contributed by atoms with E-state index in [1.807, 2.05) is 30.3 Å². The van der Waals surface area contributed by atoms with Crippen LogP contribution in [0.3, 0.4) is 0 Å². The van der Waals surface area contributed by atoms with E-state index in [0.29, 0.717) is 28.2 Å². The van der Waals surface area contributed by atoms with Crippen LogP contribution in [0.1, 0.15) is 57.9 Å². The van der Waals surface area contributed by atoms with Crippen molar-refractivity contribution in [2.45, 2.75) is 69.7 Å². The first-order valence-corrected chi connectivity index (χ1v) is 12.4. The van der Waals surface area contributed by atoms with Crippen LogP contribution < -0.4 is 10.6 Å². The zero-order valence-electron chi connectivity index (χ0n) is 17.7. The average Bonchev–Trinajstić information content (AvgIpc) is 2.71. The lowest BCUT2D eigenvalue weighted by Gasteiger charge is -2.40. The predicted molar refractivity (Wildman–Crippen MR) is 124 cm³/mol. The number of rotatable bonds is 3. The Bertz CT molecular complexity index is 842. The van der Waals surface area contributed by atoms with Crippen molar-refractivity contribution in [2.75, 3.05) is 0 Å². The molecule has 6 heteroatoms. The highest BCUT2D eigenvalue weighted by Crippen LogP contribution is 2.40. The molecule has 4 nitrogen and oxygen atoms in total. The molecule has 4 rings (SSSR count). The molecule has 6 atom stereocenters. The standard InChI is InChI=1S/C24H31ClN2O2S/c1-14-5-3-8-19(15(14)2)26-23(28)17-9-10-21-20(13-17)27-24(29)22(30-21)12-16-6-4-7-18(25)11-16/h4,6-7,11-12,14-15,17,19-21H,3,5,8-10,13H2,1-2H3,(H,26,28)(H,27,29)/b22-12+. The van der Waals surface area contributed by atoms with Gasteiger partial charge in [0.1, 0.15) is 0 Å². The molecule has 2 amide bonds. The fraction of sp³-hybridized carbons (Fsp3) is 0.583. The molecule has 2 aliphatic carbocycles. The third-order valence-corrected chi connectivity index (χ3v) is 8.82. The number of carbonyl (C=O) groups excluding carboxylic acids is 2. The van der Waals surface area contributed by atoms with E-state index in [4.69, 9.17) is 11.6 Å². The zero-order valence-corrected chi connectivity index (χ0v) is 19.3. The molecular weight excluding hydrogens is 416 g/mol. The van der Waals surface area contributed by atoms with Gasteiger partial charge < -0.3 is 10.6 Å². The van der Waals surface area contributed by atoms with Crippen molar-refractivity contribution in [2.24, 2.45) is 17.8 Å². The first kappa shape index (κ1) is 21.8. The lowest BCUT2D eigenvalue weighted by atomic mass is 9.77. The Morgan fingerprint density at radius 1 is 1.23 bits per heavy atom. The molecule has 3 aliphatic rings. The Hall–Kier alpha value is -1.46. The van der Waals surface area contributed by atoms with Crippen LogP contribution in [-0.2, 0) is 9.59 Å². The van der Waals surface area contributed by atoms with Crippen LogP contribution in [0.2, 0.25) is 5.02 Å². The van der Waals surface area contributed by atoms with E-state index in [2.05, 4.69) is 24.5 Å². The summed E-state index contributed by atoms with van der Waals surface area (Å²) in [7, 11) is 0. The second-order valence-electron chi connectivity index (χ2n) is 9.19. The van der Waals surface area contributed by atoms with Crippen LogP contribution in [-0.4, -0.2) is 29.1 Å². The van der Waals surface area contributed by atoms with Crippen molar-refractivity contribution in [3.05, 3.63) is 39.8 Å². The number of benzene rings is 1. The van der Waals surface area contributed by atoms with Gasteiger partial charge in [-0.1, -0.05) is 50.4 Å². The summed E-state index contributed by atoms with van der Waals surface area (Å²) in [5, 5.41) is 7.49. The normalized spacial score (nSPS) is 35.4. The molecule has 1 aromatic carbocycles. The van der Waals surface area contributed by atoms with Crippen LogP contribution in [0.5, 0.6) is 0 Å². The minimum atomic E-state index is -0.0444. The van der Waals surface area contributed by atoms with Gasteiger partial charge in [0, 0.05) is 28.3 Å². The minimum Gasteiger partial charge on any atom is -0.353 e. The molecular formula is C24H31ClN2O2S. The summed E-state index contributed by atoms with van der Waals surface area (Å²) >= 11 is 7.72. The highest BCUT2D eigenvalue weighted by atomic mass is 35.5. The van der Waals surface area contributed by atoms with Gasteiger partial charge >= 0.3 is 0 Å². The quantitative estimate of drug-likeness (QED) is 0.640. The van der Waals surface area contributed by atoms with Gasteiger partial charge in [-0.2, -0.15) is 0 Å². The fourth-order valence-electron chi connectivity index (χ4n) is 5.06. The van der Waals surface area contributed by atoms with Crippen LogP contribution in [0.25, 0.3) is 6.08 Å². The maximum Gasteiger partial charge on any atom is 0.257 e. The summed E-state index contributed by atoms with van der Waals surface area (Å²) < 4.78 is 0. The van der Waals surface area contributed by atoms with Crippen molar-refractivity contribution < 1.29 is 9.59 Å². The number of halogens is 1. The van der Waals surface area contributed by atoms with Crippen molar-refractivity contribution in [3.63, 3.8) is 0 Å². The Balaban J connectivity index is 1.36. The molecule has 162 valence electrons. The number of nitrogens with one attached hydrogen (secondary N) is 2. The molecule has 1 saturated heterocycles. The summed E-state index contributed by atoms with van der Waals surface area (Å²) in [4.78, 5) is 26.4. The number of hydrogen-bond acceptors (Lipinski definition) is 3. The third kappa shape index (κ3) is 4.88. The predicted octanol–water partition coefficient (Wildman–Crippen LogP) is 5.02. The van der Waals surface area contributed by atoms with Crippen molar-refractivity contribution in [1.82, 2.24) is 10.6 Å². The van der Waals surface area contributed by atoms with Gasteiger partial charge in [0.05, 0.1) is 4.91 Å². The zero-order chi connectivity index (χ0) is 21.3. The highest BCUT2D eigenvalue weighted by molar-refractivity contribution is 8.04. The van der Waals surface area contributed by atoms with Crippen molar-refractivity contribution >= 4 is 41.3 Å². The van der Waals surface area contributed by atoms with Gasteiger partial charge in [0.25, 0.3) is 5.91 Å². The second kappa shape index (κ2) is 9.35. The largest absolute Gasteiger partial charge is 0.353 e. The van der Waals surface area contributed by atoms with Crippen LogP contribution in [0.4, 0.5) is 0 Å². The van der Waals surface area contributed by atoms with Gasteiger partial charge in [0.2, 0.25) is 5.91 Å². The Kier molecular flexibility index (Phi) is 6.78. The molecule has 3 fully saturated rings. The maximum absolute atomic E-state index is 13.0. The van der Waals surface area contributed by atoms with E-state index >= 15 is 0 Å². The molecule has 6 unspecified atom stereocenters. The molecule has 1 aliphatic heterocycles. The molecule has 0 aromatic heterocycles. The van der Waals surface area contributed by atoms with Gasteiger partial charge in [0.15, 0.2) is 0 Å². The van der Waals surface area contributed by atoms with Crippen LogP contribution >= 0.6 is 23.4 Å². The molecule has 1 aromatic rings. The number of fused-ring (bicyclic) bond motifs is 1. The number of amides is 2. The van der Waals surface area contributed by atoms with E-state index in [9.17, 15) is 9.59 Å². The smallest absolute Gasteiger partial charge is 0.257 e. The van der Waals surface area contributed by atoms with E-state index in [-0.39, 0.29) is 23.8 Å². The molecule has 1 heterocycles. The number of carbonyl (C=O) groups is 2. The molecule has 0 radical (unpaired) electrons. The van der Waals surface area contributed by atoms with Gasteiger partial charge in [-0.05, 0) is 61.3 Å². The first-order valence-electron chi connectivity index (χ1n) is 11.2. The SMILES string of the molecule is CC1CCCC(NC(=O)C2CCC3S/C(=C/c4cccc(Cl)c4)C(=O)NC3C2)C1C. The van der Waals surface area contributed by atoms with Crippen LogP contribution in [0.15, 0.2) is 29.2 Å².